The van der Waals surface area contributed by atoms with Crippen LogP contribution < -0.4 is 21.1 Å². The van der Waals surface area contributed by atoms with Crippen molar-refractivity contribution in [2.45, 2.75) is 36.7 Å². The molecule has 0 unspecified atom stereocenters. The van der Waals surface area contributed by atoms with E-state index >= 15 is 0 Å². The Bertz CT molecular complexity index is 1280. The minimum Gasteiger partial charge on any atom is -0.494 e. The van der Waals surface area contributed by atoms with Crippen LogP contribution in [0.1, 0.15) is 29.7 Å². The van der Waals surface area contributed by atoms with Gasteiger partial charge in [-0.2, -0.15) is 0 Å². The molecule has 0 radical (unpaired) electrons. The Morgan fingerprint density at radius 1 is 1.13 bits per heavy atom. The van der Waals surface area contributed by atoms with Gasteiger partial charge in [0.05, 0.1) is 19.7 Å². The standard InChI is InChI=1S/C23H26F5N5O4S2/c24-39(25,26,27,28)18-7-5-16(6-8-18)37-10-2-4-20(34)31-13-21(35)33-9-1-3-19(33)23(36)32-12-17-11-15(14-38-17)22(29)30/h1,5-9,11,14,19H,2-4,10,12-13H2,(H3,29,30)(H,31,34)(H,32,36)/t19-/m0/s1. The van der Waals surface area contributed by atoms with Crippen LogP contribution in [0.4, 0.5) is 19.4 Å². The lowest BCUT2D eigenvalue weighted by Gasteiger charge is -2.40. The number of rotatable bonds is 12. The van der Waals surface area contributed by atoms with Crippen LogP contribution in [-0.4, -0.2) is 47.7 Å². The molecule has 39 heavy (non-hydrogen) atoms. The average Bonchev–Trinajstić information content (AvgIpc) is 3.53. The van der Waals surface area contributed by atoms with Crippen LogP contribution in [0, 0.1) is 5.41 Å². The smallest absolute Gasteiger partial charge is 0.310 e. The van der Waals surface area contributed by atoms with E-state index in [9.17, 15) is 33.8 Å². The molecule has 0 spiro atoms. The maximum absolute atomic E-state index is 12.7. The number of nitrogens with one attached hydrogen (secondary N) is 3. The highest BCUT2D eigenvalue weighted by Gasteiger charge is 2.65. The molecule has 2 heterocycles. The van der Waals surface area contributed by atoms with Gasteiger partial charge in [-0.15, -0.1) is 11.3 Å². The van der Waals surface area contributed by atoms with Gasteiger partial charge >= 0.3 is 10.2 Å². The first-order valence-electron chi connectivity index (χ1n) is 11.4. The summed E-state index contributed by atoms with van der Waals surface area (Å²) in [5, 5.41) is 14.3. The monoisotopic (exact) mass is 595 g/mol. The van der Waals surface area contributed by atoms with Gasteiger partial charge in [0.15, 0.2) is 0 Å². The summed E-state index contributed by atoms with van der Waals surface area (Å²) in [6, 6.07) is 2.93. The topological polar surface area (TPSA) is 138 Å². The number of nitrogens with two attached hydrogens (primary N) is 1. The molecular formula is C23H26F5N5O4S2. The minimum absolute atomic E-state index is 0.0697. The van der Waals surface area contributed by atoms with Crippen molar-refractivity contribution in [2.75, 3.05) is 13.2 Å². The molecule has 214 valence electrons. The first-order chi connectivity index (χ1) is 18.0. The molecule has 0 saturated carbocycles. The fraction of sp³-hybridized carbons (Fsp3) is 0.304. The van der Waals surface area contributed by atoms with Crippen LogP contribution in [0.25, 0.3) is 0 Å². The Kier molecular flexibility index (Phi) is 8.31. The van der Waals surface area contributed by atoms with E-state index in [0.717, 1.165) is 17.0 Å². The molecule has 16 heteroatoms. The lowest BCUT2D eigenvalue weighted by Crippen LogP contribution is -2.47. The van der Waals surface area contributed by atoms with Gasteiger partial charge in [-0.25, -0.2) is 0 Å². The molecule has 0 saturated heterocycles. The molecule has 0 fully saturated rings. The van der Waals surface area contributed by atoms with Crippen molar-refractivity contribution < 1.29 is 38.5 Å². The zero-order chi connectivity index (χ0) is 28.9. The summed E-state index contributed by atoms with van der Waals surface area (Å²) in [6.07, 6.45) is 3.50. The van der Waals surface area contributed by atoms with Crippen molar-refractivity contribution in [1.82, 2.24) is 15.5 Å². The molecule has 3 amide bonds. The molecule has 0 bridgehead atoms. The van der Waals surface area contributed by atoms with E-state index < -0.39 is 33.0 Å². The number of carbonyl (C=O) groups excluding carboxylic acids is 3. The summed E-state index contributed by atoms with van der Waals surface area (Å²) < 4.78 is 68.9. The van der Waals surface area contributed by atoms with Crippen LogP contribution >= 0.6 is 21.6 Å². The summed E-state index contributed by atoms with van der Waals surface area (Å²) in [6.45, 7) is -0.239. The number of nitrogen functional groups attached to an aromatic ring is 1. The minimum atomic E-state index is -9.75. The van der Waals surface area contributed by atoms with Crippen molar-refractivity contribution in [3.63, 3.8) is 0 Å². The molecule has 1 aromatic carbocycles. The first kappa shape index (κ1) is 29.9. The Morgan fingerprint density at radius 3 is 2.44 bits per heavy atom. The third-order valence-corrected chi connectivity index (χ3v) is 7.58. The zero-order valence-corrected chi connectivity index (χ0v) is 21.9. The molecule has 2 aromatic rings. The lowest BCUT2D eigenvalue weighted by molar-refractivity contribution is -0.137. The van der Waals surface area contributed by atoms with E-state index in [0.29, 0.717) is 12.0 Å². The van der Waals surface area contributed by atoms with Gasteiger partial charge in [-0.3, -0.25) is 19.8 Å². The molecule has 1 aromatic heterocycles. The third kappa shape index (κ3) is 8.68. The maximum atomic E-state index is 12.7. The van der Waals surface area contributed by atoms with Crippen molar-refractivity contribution in [1.29, 1.82) is 5.41 Å². The number of nitrogens with zero attached hydrogens (tertiary/aromatic N) is 1. The Hall–Kier alpha value is -3.66. The highest BCUT2D eigenvalue weighted by molar-refractivity contribution is 8.45. The number of carbonyl (C=O) groups is 3. The number of amidine groups is 1. The fourth-order valence-corrected chi connectivity index (χ4v) is 4.96. The lowest BCUT2D eigenvalue weighted by atomic mass is 10.2. The molecule has 0 aliphatic carbocycles. The van der Waals surface area contributed by atoms with E-state index in [1.54, 1.807) is 17.5 Å². The van der Waals surface area contributed by atoms with Gasteiger partial charge in [0.2, 0.25) is 17.7 Å². The number of ether oxygens (including phenoxy) is 1. The predicted octanol–water partition coefficient (Wildman–Crippen LogP) is 4.40. The van der Waals surface area contributed by atoms with Gasteiger partial charge in [0.1, 0.15) is 22.5 Å². The SMILES string of the molecule is N=C(N)c1csc(CNC(=O)[C@@H]2CC=CN2C(=O)CNC(=O)CCCOc2ccc(S(F)(F)(F)(F)F)cc2)c1. The molecule has 1 atom stereocenters. The number of hydrogen-bond donors (Lipinski definition) is 4. The van der Waals surface area contributed by atoms with Crippen molar-refractivity contribution in [3.8, 4) is 5.75 Å². The van der Waals surface area contributed by atoms with Crippen molar-refractivity contribution >= 4 is 45.1 Å². The van der Waals surface area contributed by atoms with Gasteiger partial charge < -0.3 is 26.0 Å². The summed E-state index contributed by atoms with van der Waals surface area (Å²) >= 11 is 1.33. The number of hydrogen-bond acceptors (Lipinski definition) is 6. The van der Waals surface area contributed by atoms with Gasteiger partial charge in [-0.05, 0) is 43.2 Å². The molecular weight excluding hydrogens is 569 g/mol. The van der Waals surface area contributed by atoms with Crippen LogP contribution in [0.3, 0.4) is 0 Å². The van der Waals surface area contributed by atoms with Gasteiger partial charge in [-0.1, -0.05) is 25.5 Å². The van der Waals surface area contributed by atoms with Gasteiger partial charge in [0.25, 0.3) is 0 Å². The first-order valence-corrected chi connectivity index (χ1v) is 14.3. The quantitative estimate of drug-likeness (QED) is 0.125. The number of amides is 3. The van der Waals surface area contributed by atoms with E-state index in [-0.39, 0.29) is 62.2 Å². The molecule has 9 nitrogen and oxygen atoms in total. The fourth-order valence-electron chi connectivity index (χ4n) is 3.49. The number of halogens is 5. The largest absolute Gasteiger partial charge is 0.494 e. The highest BCUT2D eigenvalue weighted by atomic mass is 32.5. The van der Waals surface area contributed by atoms with Gasteiger partial charge in [0, 0.05) is 28.4 Å². The van der Waals surface area contributed by atoms with E-state index in [1.807, 2.05) is 0 Å². The second-order valence-electron chi connectivity index (χ2n) is 8.54. The van der Waals surface area contributed by atoms with Crippen LogP contribution in [-0.2, 0) is 20.9 Å². The zero-order valence-electron chi connectivity index (χ0n) is 20.3. The summed E-state index contributed by atoms with van der Waals surface area (Å²) in [4.78, 5) is 37.2. The molecule has 3 rings (SSSR count). The summed E-state index contributed by atoms with van der Waals surface area (Å²) in [5.41, 5.74) is 5.98. The van der Waals surface area contributed by atoms with Crippen molar-refractivity contribution in [3.05, 3.63) is 58.4 Å². The van der Waals surface area contributed by atoms with E-state index in [4.69, 9.17) is 15.9 Å². The van der Waals surface area contributed by atoms with Crippen molar-refractivity contribution in [2.24, 2.45) is 5.73 Å². The van der Waals surface area contributed by atoms with Crippen LogP contribution in [0.15, 0.2) is 52.9 Å². The van der Waals surface area contributed by atoms with E-state index in [1.165, 1.54) is 22.4 Å². The predicted molar refractivity (Wildman–Crippen MR) is 137 cm³/mol. The maximum Gasteiger partial charge on any atom is 0.310 e. The Balaban J connectivity index is 1.37. The van der Waals surface area contributed by atoms with Crippen LogP contribution in [0.5, 0.6) is 5.75 Å². The molecule has 1 aliphatic heterocycles. The molecule has 5 N–H and O–H groups in total. The highest BCUT2D eigenvalue weighted by Crippen LogP contribution is 3.02. The second kappa shape index (κ2) is 10.8. The molecule has 1 aliphatic rings. The third-order valence-electron chi connectivity index (χ3n) is 5.48. The second-order valence-corrected chi connectivity index (χ2v) is 11.9. The number of thiophene rings is 1. The number of benzene rings is 1. The van der Waals surface area contributed by atoms with E-state index in [2.05, 4.69) is 10.6 Å². The van der Waals surface area contributed by atoms with Crippen LogP contribution in [0.2, 0.25) is 0 Å². The summed E-state index contributed by atoms with van der Waals surface area (Å²) in [7, 11) is -9.75. The normalized spacial score (nSPS) is 16.7. The Labute approximate surface area is 224 Å². The summed E-state index contributed by atoms with van der Waals surface area (Å²) in [5.74, 6) is -1.54. The Morgan fingerprint density at radius 2 is 1.82 bits per heavy atom. The average molecular weight is 596 g/mol.